The molecule has 0 aliphatic rings. The summed E-state index contributed by atoms with van der Waals surface area (Å²) in [5.74, 6) is 1.44. The van der Waals surface area contributed by atoms with Gasteiger partial charge in [0.05, 0.1) is 16.7 Å². The molecule has 0 bridgehead atoms. The lowest BCUT2D eigenvalue weighted by atomic mass is 9.86. The standard InChI is InChI=1S/C43H33FN4/c1-43(2,3)31-23-25-38-35(27-31)33-19-11-13-21-37(33)48(38)39-26-30(22-24-34(39)32-18-10-12-20-36(32)44)42-46-40(28-14-6-4-7-15-28)45-41(47-42)29-16-8-5-9-17-29/h4-27H,1-3H3. The van der Waals surface area contributed by atoms with E-state index in [9.17, 15) is 0 Å². The molecule has 2 aromatic heterocycles. The van der Waals surface area contributed by atoms with E-state index in [4.69, 9.17) is 15.0 Å². The first-order chi connectivity index (χ1) is 23.3. The third-order valence-corrected chi connectivity index (χ3v) is 8.90. The second-order valence-corrected chi connectivity index (χ2v) is 13.1. The van der Waals surface area contributed by atoms with Crippen molar-refractivity contribution in [2.24, 2.45) is 0 Å². The Morgan fingerprint density at radius 1 is 0.479 bits per heavy atom. The lowest BCUT2D eigenvalue weighted by Gasteiger charge is -2.20. The molecule has 2 heterocycles. The molecular formula is C43H33FN4. The predicted molar refractivity (Wildman–Crippen MR) is 195 cm³/mol. The van der Waals surface area contributed by atoms with E-state index in [1.807, 2.05) is 84.9 Å². The van der Waals surface area contributed by atoms with Gasteiger partial charge >= 0.3 is 0 Å². The van der Waals surface area contributed by atoms with Crippen molar-refractivity contribution in [1.82, 2.24) is 19.5 Å². The van der Waals surface area contributed by atoms with Gasteiger partial charge in [-0.15, -0.1) is 0 Å². The van der Waals surface area contributed by atoms with Gasteiger partial charge in [0.1, 0.15) is 5.82 Å². The summed E-state index contributed by atoms with van der Waals surface area (Å²) in [7, 11) is 0. The van der Waals surface area contributed by atoms with Gasteiger partial charge in [0.2, 0.25) is 0 Å². The number of rotatable bonds is 5. The highest BCUT2D eigenvalue weighted by Gasteiger charge is 2.22. The van der Waals surface area contributed by atoms with Crippen LogP contribution in [-0.4, -0.2) is 19.5 Å². The zero-order valence-electron chi connectivity index (χ0n) is 27.0. The number of hydrogen-bond acceptors (Lipinski definition) is 3. The Morgan fingerprint density at radius 3 is 1.69 bits per heavy atom. The minimum atomic E-state index is -0.278. The molecule has 6 aromatic carbocycles. The summed E-state index contributed by atoms with van der Waals surface area (Å²) in [6, 6.07) is 48.0. The normalized spacial score (nSPS) is 11.8. The van der Waals surface area contributed by atoms with Gasteiger partial charge in [-0.25, -0.2) is 19.3 Å². The van der Waals surface area contributed by atoms with Gasteiger partial charge in [0.15, 0.2) is 17.5 Å². The van der Waals surface area contributed by atoms with E-state index in [0.29, 0.717) is 23.0 Å². The maximum Gasteiger partial charge on any atom is 0.164 e. The zero-order valence-corrected chi connectivity index (χ0v) is 27.0. The monoisotopic (exact) mass is 624 g/mol. The van der Waals surface area contributed by atoms with E-state index < -0.39 is 0 Å². The first kappa shape index (κ1) is 29.5. The molecule has 5 heteroatoms. The number of benzene rings is 6. The number of aromatic nitrogens is 4. The molecule has 0 spiro atoms. The maximum atomic E-state index is 15.6. The summed E-state index contributed by atoms with van der Waals surface area (Å²) in [6.07, 6.45) is 0. The minimum absolute atomic E-state index is 0.0127. The molecule has 8 rings (SSSR count). The predicted octanol–water partition coefficient (Wildman–Crippen LogP) is 11.1. The average Bonchev–Trinajstić information content (AvgIpc) is 3.45. The Labute approximate surface area is 279 Å². The van der Waals surface area contributed by atoms with Crippen molar-refractivity contribution in [3.05, 3.63) is 157 Å². The van der Waals surface area contributed by atoms with Crippen LogP contribution in [0.5, 0.6) is 0 Å². The summed E-state index contributed by atoms with van der Waals surface area (Å²) in [6.45, 7) is 6.69. The SMILES string of the molecule is CC(C)(C)c1ccc2c(c1)c1ccccc1n2-c1cc(-c2nc(-c3ccccc3)nc(-c3ccccc3)n2)ccc1-c1ccccc1F. The van der Waals surface area contributed by atoms with Crippen LogP contribution in [0.4, 0.5) is 4.39 Å². The summed E-state index contributed by atoms with van der Waals surface area (Å²) in [4.78, 5) is 14.9. The third-order valence-electron chi connectivity index (χ3n) is 8.90. The van der Waals surface area contributed by atoms with Gasteiger partial charge < -0.3 is 4.57 Å². The van der Waals surface area contributed by atoms with Crippen molar-refractivity contribution in [2.75, 3.05) is 0 Å². The molecule has 0 radical (unpaired) electrons. The molecule has 0 unspecified atom stereocenters. The van der Waals surface area contributed by atoms with Gasteiger partial charge in [0, 0.05) is 38.6 Å². The number of hydrogen-bond donors (Lipinski definition) is 0. The van der Waals surface area contributed by atoms with Crippen LogP contribution in [0.1, 0.15) is 26.3 Å². The van der Waals surface area contributed by atoms with Crippen LogP contribution in [0, 0.1) is 5.82 Å². The van der Waals surface area contributed by atoms with E-state index in [0.717, 1.165) is 49.7 Å². The second-order valence-electron chi connectivity index (χ2n) is 13.1. The van der Waals surface area contributed by atoms with Crippen LogP contribution in [0.3, 0.4) is 0 Å². The summed E-state index contributed by atoms with van der Waals surface area (Å²) >= 11 is 0. The van der Waals surface area contributed by atoms with Crippen molar-refractivity contribution in [3.63, 3.8) is 0 Å². The van der Waals surface area contributed by atoms with E-state index in [1.54, 1.807) is 6.07 Å². The van der Waals surface area contributed by atoms with E-state index >= 15 is 4.39 Å². The fourth-order valence-electron chi connectivity index (χ4n) is 6.40. The molecule has 0 amide bonds. The van der Waals surface area contributed by atoms with Crippen LogP contribution in [0.15, 0.2) is 146 Å². The Kier molecular flexibility index (Phi) is 7.18. The van der Waals surface area contributed by atoms with E-state index in [1.165, 1.54) is 11.6 Å². The van der Waals surface area contributed by atoms with Gasteiger partial charge in [-0.05, 0) is 41.3 Å². The quantitative estimate of drug-likeness (QED) is 0.191. The molecule has 0 aliphatic heterocycles. The maximum absolute atomic E-state index is 15.6. The fraction of sp³-hybridized carbons (Fsp3) is 0.0930. The zero-order chi connectivity index (χ0) is 32.8. The lowest BCUT2D eigenvalue weighted by molar-refractivity contribution is 0.591. The summed E-state index contributed by atoms with van der Waals surface area (Å²) in [5.41, 5.74) is 8.09. The molecular weight excluding hydrogens is 591 g/mol. The molecule has 8 aromatic rings. The molecule has 48 heavy (non-hydrogen) atoms. The first-order valence-corrected chi connectivity index (χ1v) is 16.2. The number of halogens is 1. The van der Waals surface area contributed by atoms with Crippen LogP contribution in [-0.2, 0) is 5.41 Å². The molecule has 0 aliphatic carbocycles. The van der Waals surface area contributed by atoms with Gasteiger partial charge in [-0.3, -0.25) is 0 Å². The molecule has 0 fully saturated rings. The first-order valence-electron chi connectivity index (χ1n) is 16.2. The second kappa shape index (κ2) is 11.7. The Hall–Kier alpha value is -5.94. The molecule has 4 nitrogen and oxygen atoms in total. The fourth-order valence-corrected chi connectivity index (χ4v) is 6.40. The lowest BCUT2D eigenvalue weighted by Crippen LogP contribution is -2.10. The number of fused-ring (bicyclic) bond motifs is 3. The number of nitrogens with zero attached hydrogens (tertiary/aromatic N) is 4. The van der Waals surface area contributed by atoms with Gasteiger partial charge in [-0.2, -0.15) is 0 Å². The van der Waals surface area contributed by atoms with E-state index in [-0.39, 0.29) is 11.2 Å². The molecule has 232 valence electrons. The molecule has 0 atom stereocenters. The minimum Gasteiger partial charge on any atom is -0.309 e. The van der Waals surface area contributed by atoms with Crippen molar-refractivity contribution < 1.29 is 4.39 Å². The average molecular weight is 625 g/mol. The molecule has 0 saturated heterocycles. The molecule has 0 saturated carbocycles. The highest BCUT2D eigenvalue weighted by molar-refractivity contribution is 6.10. The van der Waals surface area contributed by atoms with Crippen LogP contribution in [0.25, 0.3) is 72.8 Å². The van der Waals surface area contributed by atoms with Gasteiger partial charge in [0.25, 0.3) is 0 Å². The van der Waals surface area contributed by atoms with Crippen LogP contribution >= 0.6 is 0 Å². The smallest absolute Gasteiger partial charge is 0.164 e. The van der Waals surface area contributed by atoms with Crippen LogP contribution < -0.4 is 0 Å². The van der Waals surface area contributed by atoms with Gasteiger partial charge in [-0.1, -0.05) is 136 Å². The molecule has 0 N–H and O–H groups in total. The summed E-state index contributed by atoms with van der Waals surface area (Å²) in [5, 5.41) is 2.29. The highest BCUT2D eigenvalue weighted by atomic mass is 19.1. The Balaban J connectivity index is 1.42. The highest BCUT2D eigenvalue weighted by Crippen LogP contribution is 2.40. The number of para-hydroxylation sites is 1. The Bertz CT molecular complexity index is 2380. The van der Waals surface area contributed by atoms with Crippen molar-refractivity contribution in [2.45, 2.75) is 26.2 Å². The third kappa shape index (κ3) is 5.23. The topological polar surface area (TPSA) is 43.6 Å². The Morgan fingerprint density at radius 2 is 1.04 bits per heavy atom. The largest absolute Gasteiger partial charge is 0.309 e. The van der Waals surface area contributed by atoms with Crippen molar-refractivity contribution >= 4 is 21.8 Å². The summed E-state index contributed by atoms with van der Waals surface area (Å²) < 4.78 is 17.8. The van der Waals surface area contributed by atoms with Crippen molar-refractivity contribution in [1.29, 1.82) is 0 Å². The van der Waals surface area contributed by atoms with Crippen LogP contribution in [0.2, 0.25) is 0 Å². The van der Waals surface area contributed by atoms with Crippen molar-refractivity contribution in [3.8, 4) is 51.0 Å². The van der Waals surface area contributed by atoms with E-state index in [2.05, 4.69) is 73.9 Å².